The first kappa shape index (κ1) is 13.7. The van der Waals surface area contributed by atoms with E-state index in [1.54, 1.807) is 17.7 Å². The fourth-order valence-corrected chi connectivity index (χ4v) is 2.15. The summed E-state index contributed by atoms with van der Waals surface area (Å²) in [6.45, 7) is 4.21. The normalized spacial score (nSPS) is 11.1. The summed E-state index contributed by atoms with van der Waals surface area (Å²) in [5.74, 6) is 0. The molecule has 16 heavy (non-hydrogen) atoms. The van der Waals surface area contributed by atoms with Gasteiger partial charge in [-0.1, -0.05) is 13.3 Å². The zero-order chi connectivity index (χ0) is 12.1. The molecule has 0 spiro atoms. The third kappa shape index (κ3) is 3.90. The van der Waals surface area contributed by atoms with Crippen LogP contribution in [0.1, 0.15) is 25.3 Å². The molecule has 0 bridgehead atoms. The number of aromatic nitrogens is 1. The molecule has 1 aromatic rings. The number of halogens is 1. The molecule has 0 saturated carbocycles. The van der Waals surface area contributed by atoms with Gasteiger partial charge in [-0.3, -0.25) is 4.79 Å². The average molecular weight is 334 g/mol. The Kier molecular flexibility index (Phi) is 5.48. The lowest BCUT2D eigenvalue weighted by Crippen LogP contribution is -2.23. The van der Waals surface area contributed by atoms with Gasteiger partial charge in [0.15, 0.2) is 0 Å². The highest BCUT2D eigenvalue weighted by atomic mass is 127. The van der Waals surface area contributed by atoms with Crippen LogP contribution in [0.2, 0.25) is 0 Å². The number of hydrogen-bond acceptors (Lipinski definition) is 2. The van der Waals surface area contributed by atoms with Crippen molar-refractivity contribution in [1.29, 1.82) is 0 Å². The second-order valence-electron chi connectivity index (χ2n) is 4.19. The summed E-state index contributed by atoms with van der Waals surface area (Å²) in [4.78, 5) is 13.7. The van der Waals surface area contributed by atoms with Crippen molar-refractivity contribution in [3.8, 4) is 0 Å². The topological polar surface area (TPSA) is 25.2 Å². The molecule has 0 aromatic carbocycles. The number of hydrogen-bond donors (Lipinski definition) is 0. The quantitative estimate of drug-likeness (QED) is 0.772. The first-order valence-electron chi connectivity index (χ1n) is 5.58. The molecule has 0 amide bonds. The van der Waals surface area contributed by atoms with Crippen molar-refractivity contribution in [2.75, 3.05) is 13.6 Å². The molecule has 1 rings (SSSR count). The predicted octanol–water partition coefficient (Wildman–Crippen LogP) is 2.22. The van der Waals surface area contributed by atoms with Crippen LogP contribution < -0.4 is 5.56 Å². The maximum Gasteiger partial charge on any atom is 0.251 e. The third-order valence-electron chi connectivity index (χ3n) is 2.59. The minimum Gasteiger partial charge on any atom is -0.318 e. The van der Waals surface area contributed by atoms with Gasteiger partial charge in [0.05, 0.1) is 0 Å². The van der Waals surface area contributed by atoms with Gasteiger partial charge in [-0.25, -0.2) is 0 Å². The number of rotatable bonds is 5. The summed E-state index contributed by atoms with van der Waals surface area (Å²) in [6, 6.07) is 1.70. The van der Waals surface area contributed by atoms with Crippen LogP contribution in [-0.2, 0) is 13.6 Å². The Balaban J connectivity index is 2.73. The van der Waals surface area contributed by atoms with Crippen LogP contribution in [0.15, 0.2) is 17.1 Å². The van der Waals surface area contributed by atoms with E-state index in [1.807, 2.05) is 6.20 Å². The smallest absolute Gasteiger partial charge is 0.251 e. The molecule has 4 heteroatoms. The van der Waals surface area contributed by atoms with Crippen LogP contribution in [0.5, 0.6) is 0 Å². The van der Waals surface area contributed by atoms with Crippen LogP contribution in [-0.4, -0.2) is 23.1 Å². The van der Waals surface area contributed by atoms with Crippen LogP contribution in [0.3, 0.4) is 0 Å². The van der Waals surface area contributed by atoms with E-state index in [4.69, 9.17) is 0 Å². The Hall–Kier alpha value is -0.360. The lowest BCUT2D eigenvalue weighted by Gasteiger charge is -2.17. The molecule has 1 heterocycles. The minimum atomic E-state index is 0.0596. The molecule has 0 saturated heterocycles. The van der Waals surface area contributed by atoms with Gasteiger partial charge < -0.3 is 9.47 Å². The van der Waals surface area contributed by atoms with Crippen LogP contribution in [0.25, 0.3) is 0 Å². The molecule has 3 nitrogen and oxygen atoms in total. The molecule has 0 aliphatic rings. The third-order valence-corrected chi connectivity index (χ3v) is 3.59. The van der Waals surface area contributed by atoms with E-state index in [1.165, 1.54) is 18.4 Å². The largest absolute Gasteiger partial charge is 0.318 e. The van der Waals surface area contributed by atoms with Gasteiger partial charge in [0.1, 0.15) is 0 Å². The van der Waals surface area contributed by atoms with E-state index in [0.29, 0.717) is 0 Å². The molecule has 0 aliphatic carbocycles. The summed E-state index contributed by atoms with van der Waals surface area (Å²) in [5.41, 5.74) is 1.28. The molecule has 1 aromatic heterocycles. The van der Waals surface area contributed by atoms with Crippen LogP contribution in [0.4, 0.5) is 0 Å². The first-order chi connectivity index (χ1) is 7.54. The van der Waals surface area contributed by atoms with Gasteiger partial charge in [-0.05, 0) is 48.2 Å². The second kappa shape index (κ2) is 6.39. The van der Waals surface area contributed by atoms with E-state index in [2.05, 4.69) is 41.5 Å². The number of nitrogens with zero attached hydrogens (tertiary/aromatic N) is 2. The molecule has 0 aliphatic heterocycles. The Morgan fingerprint density at radius 3 is 2.81 bits per heavy atom. The number of unbranched alkanes of at least 4 members (excludes halogenated alkanes) is 1. The summed E-state index contributed by atoms with van der Waals surface area (Å²) in [7, 11) is 3.92. The van der Waals surface area contributed by atoms with Gasteiger partial charge in [-0.2, -0.15) is 0 Å². The van der Waals surface area contributed by atoms with E-state index in [9.17, 15) is 4.79 Å². The Bertz CT molecular complexity index is 400. The fourth-order valence-electron chi connectivity index (χ4n) is 1.58. The zero-order valence-corrected chi connectivity index (χ0v) is 12.3. The van der Waals surface area contributed by atoms with Gasteiger partial charge in [-0.15, -0.1) is 0 Å². The van der Waals surface area contributed by atoms with E-state index < -0.39 is 0 Å². The summed E-state index contributed by atoms with van der Waals surface area (Å²) >= 11 is 2.23. The molecular formula is C12H19IN2O. The number of pyridine rings is 1. The molecular weight excluding hydrogens is 315 g/mol. The second-order valence-corrected chi connectivity index (χ2v) is 5.35. The van der Waals surface area contributed by atoms with Crippen molar-refractivity contribution < 1.29 is 0 Å². The van der Waals surface area contributed by atoms with Crippen molar-refractivity contribution >= 4 is 22.6 Å². The summed E-state index contributed by atoms with van der Waals surface area (Å²) in [6.07, 6.45) is 4.38. The van der Waals surface area contributed by atoms with Crippen molar-refractivity contribution in [2.45, 2.75) is 26.3 Å². The highest BCUT2D eigenvalue weighted by Crippen LogP contribution is 2.11. The van der Waals surface area contributed by atoms with E-state index in [0.717, 1.165) is 16.7 Å². The molecule has 90 valence electrons. The monoisotopic (exact) mass is 334 g/mol. The fraction of sp³-hybridized carbons (Fsp3) is 0.583. The summed E-state index contributed by atoms with van der Waals surface area (Å²) in [5, 5.41) is 0. The molecule has 0 fully saturated rings. The molecule has 0 atom stereocenters. The van der Waals surface area contributed by atoms with Crippen molar-refractivity contribution in [3.63, 3.8) is 0 Å². The predicted molar refractivity (Wildman–Crippen MR) is 75.6 cm³/mol. The maximum atomic E-state index is 11.4. The highest BCUT2D eigenvalue weighted by Gasteiger charge is 2.05. The molecule has 0 N–H and O–H groups in total. The summed E-state index contributed by atoms with van der Waals surface area (Å²) < 4.78 is 2.70. The number of aryl methyl sites for hydroxylation is 1. The van der Waals surface area contributed by atoms with E-state index in [-0.39, 0.29) is 5.56 Å². The minimum absolute atomic E-state index is 0.0596. The van der Waals surface area contributed by atoms with Crippen LogP contribution in [0, 0.1) is 3.57 Å². The lowest BCUT2D eigenvalue weighted by atomic mass is 10.2. The zero-order valence-electron chi connectivity index (χ0n) is 10.2. The van der Waals surface area contributed by atoms with Crippen molar-refractivity contribution in [1.82, 2.24) is 9.47 Å². The van der Waals surface area contributed by atoms with Crippen molar-refractivity contribution in [2.24, 2.45) is 7.05 Å². The molecule has 0 unspecified atom stereocenters. The average Bonchev–Trinajstić information content (AvgIpc) is 2.23. The van der Waals surface area contributed by atoms with Gasteiger partial charge in [0, 0.05) is 29.4 Å². The van der Waals surface area contributed by atoms with Gasteiger partial charge in [0.25, 0.3) is 5.56 Å². The highest BCUT2D eigenvalue weighted by molar-refractivity contribution is 14.1. The Labute approximate surface area is 111 Å². The standard InChI is InChI=1S/C12H19IN2O/c1-4-5-6-14(2)8-10-9-15(3)12(16)7-11(10)13/h7,9H,4-6,8H2,1-3H3. The molecule has 0 radical (unpaired) electrons. The van der Waals surface area contributed by atoms with Gasteiger partial charge >= 0.3 is 0 Å². The van der Waals surface area contributed by atoms with E-state index >= 15 is 0 Å². The lowest BCUT2D eigenvalue weighted by molar-refractivity contribution is 0.319. The van der Waals surface area contributed by atoms with Gasteiger partial charge in [0.2, 0.25) is 0 Å². The van der Waals surface area contributed by atoms with Crippen LogP contribution >= 0.6 is 22.6 Å². The Morgan fingerprint density at radius 2 is 2.19 bits per heavy atom. The SMILES string of the molecule is CCCCN(C)Cc1cn(C)c(=O)cc1I. The van der Waals surface area contributed by atoms with Crippen molar-refractivity contribution in [3.05, 3.63) is 31.8 Å². The Morgan fingerprint density at radius 1 is 1.50 bits per heavy atom. The first-order valence-corrected chi connectivity index (χ1v) is 6.66. The maximum absolute atomic E-state index is 11.4.